The number of halogens is 1. The summed E-state index contributed by atoms with van der Waals surface area (Å²) < 4.78 is 12.0. The van der Waals surface area contributed by atoms with E-state index in [0.29, 0.717) is 11.8 Å². The molecule has 1 aromatic carbocycles. The molecule has 0 saturated heterocycles. The second kappa shape index (κ2) is 6.85. The van der Waals surface area contributed by atoms with Gasteiger partial charge in [-0.1, -0.05) is 13.0 Å². The Labute approximate surface area is 126 Å². The highest BCUT2D eigenvalue weighted by molar-refractivity contribution is 9.10. The lowest BCUT2D eigenvalue weighted by atomic mass is 10.1. The molecule has 0 saturated carbocycles. The Bertz CT molecular complexity index is 569. The molecule has 0 aliphatic heterocycles. The van der Waals surface area contributed by atoms with E-state index in [9.17, 15) is 0 Å². The molecule has 1 heterocycles. The standard InChI is InChI=1S/C14H18BrN3O2/c1-3-13-17-18-14(20-13)8-19-12-5-4-10(6-9(2)16)7-11(12)15/h4-5,7,9H,3,6,8,16H2,1-2H3. The van der Waals surface area contributed by atoms with Crippen molar-refractivity contribution in [2.75, 3.05) is 0 Å². The fraction of sp³-hybridized carbons (Fsp3) is 0.429. The monoisotopic (exact) mass is 339 g/mol. The number of ether oxygens (including phenoxy) is 1. The zero-order valence-corrected chi connectivity index (χ0v) is 13.2. The van der Waals surface area contributed by atoms with Gasteiger partial charge in [0.05, 0.1) is 4.47 Å². The molecule has 2 aromatic rings. The van der Waals surface area contributed by atoms with E-state index < -0.39 is 0 Å². The van der Waals surface area contributed by atoms with Crippen molar-refractivity contribution in [3.63, 3.8) is 0 Å². The van der Waals surface area contributed by atoms with Gasteiger partial charge in [-0.25, -0.2) is 0 Å². The highest BCUT2D eigenvalue weighted by Gasteiger charge is 2.08. The first-order valence-electron chi connectivity index (χ1n) is 6.56. The van der Waals surface area contributed by atoms with Gasteiger partial charge in [-0.05, 0) is 47.0 Å². The lowest BCUT2D eigenvalue weighted by Gasteiger charge is -2.09. The number of hydrogen-bond donors (Lipinski definition) is 1. The molecule has 0 radical (unpaired) electrons. The first kappa shape index (κ1) is 15.0. The SMILES string of the molecule is CCc1nnc(COc2ccc(CC(C)N)cc2Br)o1. The fourth-order valence-electron chi connectivity index (χ4n) is 1.79. The summed E-state index contributed by atoms with van der Waals surface area (Å²) in [5.41, 5.74) is 6.96. The van der Waals surface area contributed by atoms with Gasteiger partial charge in [0.1, 0.15) is 5.75 Å². The quantitative estimate of drug-likeness (QED) is 0.875. The molecule has 0 bridgehead atoms. The van der Waals surface area contributed by atoms with Crippen molar-refractivity contribution < 1.29 is 9.15 Å². The predicted octanol–water partition coefficient (Wildman–Crippen LogP) is 2.86. The van der Waals surface area contributed by atoms with Crippen molar-refractivity contribution in [2.24, 2.45) is 5.73 Å². The lowest BCUT2D eigenvalue weighted by molar-refractivity contribution is 0.258. The molecule has 2 rings (SSSR count). The molecule has 6 heteroatoms. The Balaban J connectivity index is 1.99. The summed E-state index contributed by atoms with van der Waals surface area (Å²) >= 11 is 3.50. The first-order chi connectivity index (χ1) is 9.58. The van der Waals surface area contributed by atoms with Crippen LogP contribution in [0.1, 0.15) is 31.2 Å². The normalized spacial score (nSPS) is 12.4. The average molecular weight is 340 g/mol. The molecule has 20 heavy (non-hydrogen) atoms. The molecule has 1 aromatic heterocycles. The molecule has 5 nitrogen and oxygen atoms in total. The number of nitrogens with two attached hydrogens (primary N) is 1. The van der Waals surface area contributed by atoms with Gasteiger partial charge >= 0.3 is 0 Å². The van der Waals surface area contributed by atoms with Crippen LogP contribution in [0, 0.1) is 0 Å². The smallest absolute Gasteiger partial charge is 0.253 e. The third-order valence-corrected chi connectivity index (χ3v) is 3.34. The molecule has 0 fully saturated rings. The van der Waals surface area contributed by atoms with E-state index in [2.05, 4.69) is 26.1 Å². The van der Waals surface area contributed by atoms with Crippen LogP contribution in [0.2, 0.25) is 0 Å². The molecule has 1 atom stereocenters. The second-order valence-corrected chi connectivity index (χ2v) is 5.53. The summed E-state index contributed by atoms with van der Waals surface area (Å²) in [5.74, 6) is 1.85. The van der Waals surface area contributed by atoms with Gasteiger partial charge in [0.15, 0.2) is 6.61 Å². The van der Waals surface area contributed by atoms with Crippen LogP contribution in [0.15, 0.2) is 27.1 Å². The molecule has 0 aliphatic rings. The van der Waals surface area contributed by atoms with Crippen molar-refractivity contribution in [2.45, 2.75) is 39.3 Å². The van der Waals surface area contributed by atoms with E-state index in [0.717, 1.165) is 23.1 Å². The highest BCUT2D eigenvalue weighted by atomic mass is 79.9. The molecule has 108 valence electrons. The number of aryl methyl sites for hydroxylation is 1. The number of rotatable bonds is 6. The molecule has 0 spiro atoms. The Kier molecular flexibility index (Phi) is 5.14. The maximum Gasteiger partial charge on any atom is 0.253 e. The van der Waals surface area contributed by atoms with Crippen LogP contribution >= 0.6 is 15.9 Å². The van der Waals surface area contributed by atoms with Crippen molar-refractivity contribution in [1.82, 2.24) is 10.2 Å². The summed E-state index contributed by atoms with van der Waals surface area (Å²) in [7, 11) is 0. The van der Waals surface area contributed by atoms with Crippen molar-refractivity contribution in [3.8, 4) is 5.75 Å². The molecule has 2 N–H and O–H groups in total. The van der Waals surface area contributed by atoms with E-state index in [1.165, 1.54) is 5.56 Å². The largest absolute Gasteiger partial charge is 0.483 e. The lowest BCUT2D eigenvalue weighted by Crippen LogP contribution is -2.17. The topological polar surface area (TPSA) is 74.2 Å². The van der Waals surface area contributed by atoms with Gasteiger partial charge in [0.25, 0.3) is 5.89 Å². The van der Waals surface area contributed by atoms with Crippen LogP contribution in [0.5, 0.6) is 5.75 Å². The second-order valence-electron chi connectivity index (χ2n) is 4.68. The van der Waals surface area contributed by atoms with Gasteiger partial charge < -0.3 is 14.9 Å². The van der Waals surface area contributed by atoms with Crippen LogP contribution in [-0.2, 0) is 19.4 Å². The van der Waals surface area contributed by atoms with Crippen LogP contribution in [0.25, 0.3) is 0 Å². The van der Waals surface area contributed by atoms with Gasteiger partial charge in [-0.2, -0.15) is 0 Å². The summed E-state index contributed by atoms with van der Waals surface area (Å²) in [6.07, 6.45) is 1.56. The molecular formula is C14H18BrN3O2. The minimum atomic E-state index is 0.138. The molecule has 0 aliphatic carbocycles. The number of hydrogen-bond acceptors (Lipinski definition) is 5. The maximum absolute atomic E-state index is 5.79. The first-order valence-corrected chi connectivity index (χ1v) is 7.35. The van der Waals surface area contributed by atoms with E-state index in [-0.39, 0.29) is 12.6 Å². The predicted molar refractivity (Wildman–Crippen MR) is 79.5 cm³/mol. The Morgan fingerprint density at radius 2 is 2.10 bits per heavy atom. The molecule has 0 amide bonds. The summed E-state index contributed by atoms with van der Waals surface area (Å²) in [4.78, 5) is 0. The summed E-state index contributed by atoms with van der Waals surface area (Å²) in [5, 5.41) is 7.81. The van der Waals surface area contributed by atoms with E-state index in [1.807, 2.05) is 32.0 Å². The van der Waals surface area contributed by atoms with Crippen molar-refractivity contribution >= 4 is 15.9 Å². The fourth-order valence-corrected chi connectivity index (χ4v) is 2.33. The Morgan fingerprint density at radius 3 is 2.70 bits per heavy atom. The van der Waals surface area contributed by atoms with Crippen molar-refractivity contribution in [3.05, 3.63) is 40.0 Å². The molecule has 1 unspecified atom stereocenters. The Morgan fingerprint density at radius 1 is 1.35 bits per heavy atom. The van der Waals surface area contributed by atoms with Crippen LogP contribution in [0.4, 0.5) is 0 Å². The molecular weight excluding hydrogens is 322 g/mol. The number of benzene rings is 1. The zero-order valence-electron chi connectivity index (χ0n) is 11.6. The van der Waals surface area contributed by atoms with E-state index >= 15 is 0 Å². The number of aromatic nitrogens is 2. The third kappa shape index (κ3) is 4.05. The van der Waals surface area contributed by atoms with Crippen molar-refractivity contribution in [1.29, 1.82) is 0 Å². The van der Waals surface area contributed by atoms with Gasteiger partial charge in [0.2, 0.25) is 5.89 Å². The van der Waals surface area contributed by atoms with E-state index in [4.69, 9.17) is 14.9 Å². The van der Waals surface area contributed by atoms with Gasteiger partial charge in [0, 0.05) is 12.5 Å². The maximum atomic E-state index is 5.79. The van der Waals surface area contributed by atoms with E-state index in [1.54, 1.807) is 0 Å². The minimum Gasteiger partial charge on any atom is -0.483 e. The van der Waals surface area contributed by atoms with Gasteiger partial charge in [-0.3, -0.25) is 0 Å². The number of nitrogens with zero attached hydrogens (tertiary/aromatic N) is 2. The van der Waals surface area contributed by atoms with Crippen LogP contribution < -0.4 is 10.5 Å². The third-order valence-electron chi connectivity index (χ3n) is 2.72. The zero-order chi connectivity index (χ0) is 14.5. The Hall–Kier alpha value is -1.40. The average Bonchev–Trinajstić information content (AvgIpc) is 2.85. The van der Waals surface area contributed by atoms with Crippen LogP contribution in [0.3, 0.4) is 0 Å². The van der Waals surface area contributed by atoms with Crippen LogP contribution in [-0.4, -0.2) is 16.2 Å². The summed E-state index contributed by atoms with van der Waals surface area (Å²) in [6.45, 7) is 4.21. The minimum absolute atomic E-state index is 0.138. The van der Waals surface area contributed by atoms with Gasteiger partial charge in [-0.15, -0.1) is 10.2 Å². The summed E-state index contributed by atoms with van der Waals surface area (Å²) in [6, 6.07) is 6.08. The highest BCUT2D eigenvalue weighted by Crippen LogP contribution is 2.27.